The third-order valence-electron chi connectivity index (χ3n) is 4.97. The van der Waals surface area contributed by atoms with E-state index in [1.54, 1.807) is 4.90 Å². The molecule has 0 unspecified atom stereocenters. The molecule has 1 spiro atoms. The second-order valence-electron chi connectivity index (χ2n) is 6.29. The molecule has 3 nitrogen and oxygen atoms in total. The Bertz CT molecular complexity index is 481. The van der Waals surface area contributed by atoms with Gasteiger partial charge in [-0.15, -0.1) is 0 Å². The van der Waals surface area contributed by atoms with Crippen LogP contribution in [-0.2, 0) is 0 Å². The highest BCUT2D eigenvalue weighted by molar-refractivity contribution is 5.65. The van der Waals surface area contributed by atoms with Gasteiger partial charge in [-0.1, -0.05) is 29.8 Å². The normalized spacial score (nSPS) is 22.3. The van der Waals surface area contributed by atoms with E-state index in [4.69, 9.17) is 5.11 Å². The summed E-state index contributed by atoms with van der Waals surface area (Å²) < 4.78 is 0. The van der Waals surface area contributed by atoms with Crippen LogP contribution in [0.3, 0.4) is 0 Å². The van der Waals surface area contributed by atoms with Crippen molar-refractivity contribution in [3.05, 3.63) is 35.4 Å². The molecule has 2 fully saturated rings. The molecular formula is C16H21NO2. The Morgan fingerprint density at radius 3 is 2.58 bits per heavy atom. The number of rotatable bonds is 1. The molecule has 1 heterocycles. The molecule has 0 atom stereocenters. The summed E-state index contributed by atoms with van der Waals surface area (Å²) in [5.41, 5.74) is 3.23. The van der Waals surface area contributed by atoms with Crippen molar-refractivity contribution in [1.29, 1.82) is 0 Å². The standard InChI is InChI=1S/C16H21NO2/c1-12-3-2-4-13(9-12)14-10-16(11-14)5-7-17(8-6-16)15(18)19/h2-4,9,14H,5-8,10-11H2,1H3,(H,18,19). The minimum atomic E-state index is -0.760. The smallest absolute Gasteiger partial charge is 0.407 e. The largest absolute Gasteiger partial charge is 0.465 e. The van der Waals surface area contributed by atoms with Gasteiger partial charge in [0.1, 0.15) is 0 Å². The van der Waals surface area contributed by atoms with E-state index in [2.05, 4.69) is 31.2 Å². The summed E-state index contributed by atoms with van der Waals surface area (Å²) >= 11 is 0. The van der Waals surface area contributed by atoms with Gasteiger partial charge >= 0.3 is 6.09 Å². The van der Waals surface area contributed by atoms with Crippen LogP contribution in [0.1, 0.15) is 42.7 Å². The number of piperidine rings is 1. The molecule has 1 saturated carbocycles. The molecule has 0 bridgehead atoms. The average molecular weight is 259 g/mol. The predicted octanol–water partition coefficient (Wildman–Crippen LogP) is 3.63. The molecule has 3 rings (SSSR count). The highest BCUT2D eigenvalue weighted by Crippen LogP contribution is 2.56. The molecule has 1 aliphatic heterocycles. The van der Waals surface area contributed by atoms with Crippen molar-refractivity contribution >= 4 is 6.09 Å². The maximum atomic E-state index is 10.9. The summed E-state index contributed by atoms with van der Waals surface area (Å²) in [4.78, 5) is 12.5. The molecule has 19 heavy (non-hydrogen) atoms. The Balaban J connectivity index is 1.60. The third kappa shape index (κ3) is 2.34. The van der Waals surface area contributed by atoms with Gasteiger partial charge in [0.05, 0.1) is 0 Å². The van der Waals surface area contributed by atoms with Gasteiger partial charge in [-0.3, -0.25) is 0 Å². The summed E-state index contributed by atoms with van der Waals surface area (Å²) in [6.07, 6.45) is 3.81. The van der Waals surface area contributed by atoms with Gasteiger partial charge < -0.3 is 10.0 Å². The van der Waals surface area contributed by atoms with E-state index in [9.17, 15) is 4.79 Å². The number of hydrogen-bond donors (Lipinski definition) is 1. The van der Waals surface area contributed by atoms with Crippen molar-refractivity contribution in [3.8, 4) is 0 Å². The predicted molar refractivity (Wildman–Crippen MR) is 74.4 cm³/mol. The lowest BCUT2D eigenvalue weighted by Gasteiger charge is -2.52. The first kappa shape index (κ1) is 12.5. The third-order valence-corrected chi connectivity index (χ3v) is 4.97. The van der Waals surface area contributed by atoms with E-state index in [0.29, 0.717) is 11.3 Å². The number of carboxylic acid groups (broad SMARTS) is 1. The molecule has 3 heteroatoms. The first-order valence-corrected chi connectivity index (χ1v) is 7.12. The molecule has 2 aliphatic rings. The van der Waals surface area contributed by atoms with E-state index < -0.39 is 6.09 Å². The van der Waals surface area contributed by atoms with Crippen molar-refractivity contribution in [2.45, 2.75) is 38.5 Å². The number of likely N-dealkylation sites (tertiary alicyclic amines) is 1. The lowest BCUT2D eigenvalue weighted by atomic mass is 9.56. The Morgan fingerprint density at radius 1 is 1.32 bits per heavy atom. The number of nitrogens with zero attached hydrogens (tertiary/aromatic N) is 1. The zero-order chi connectivity index (χ0) is 13.5. The Hall–Kier alpha value is -1.51. The summed E-state index contributed by atoms with van der Waals surface area (Å²) in [5.74, 6) is 0.691. The topological polar surface area (TPSA) is 40.5 Å². The van der Waals surface area contributed by atoms with Gasteiger partial charge in [0.2, 0.25) is 0 Å². The van der Waals surface area contributed by atoms with Gasteiger partial charge in [-0.05, 0) is 49.5 Å². The number of aryl methyl sites for hydroxylation is 1. The fourth-order valence-electron chi connectivity index (χ4n) is 3.73. The summed E-state index contributed by atoms with van der Waals surface area (Å²) in [6, 6.07) is 8.81. The van der Waals surface area contributed by atoms with E-state index in [1.165, 1.54) is 24.0 Å². The maximum absolute atomic E-state index is 10.9. The van der Waals surface area contributed by atoms with Gasteiger partial charge in [0.25, 0.3) is 0 Å². The SMILES string of the molecule is Cc1cccc(C2CC3(CCN(C(=O)O)CC3)C2)c1. The molecule has 0 aromatic heterocycles. The molecule has 102 valence electrons. The second-order valence-corrected chi connectivity index (χ2v) is 6.29. The molecule has 1 aromatic rings. The summed E-state index contributed by atoms with van der Waals surface area (Å²) in [6.45, 7) is 3.58. The lowest BCUT2D eigenvalue weighted by Crippen LogP contribution is -2.47. The minimum Gasteiger partial charge on any atom is -0.465 e. The highest BCUT2D eigenvalue weighted by atomic mass is 16.4. The van der Waals surface area contributed by atoms with Crippen molar-refractivity contribution in [2.75, 3.05) is 13.1 Å². The van der Waals surface area contributed by atoms with Crippen LogP contribution in [-0.4, -0.2) is 29.2 Å². The van der Waals surface area contributed by atoms with E-state index >= 15 is 0 Å². The molecule has 1 N–H and O–H groups in total. The van der Waals surface area contributed by atoms with E-state index in [1.807, 2.05) is 0 Å². The van der Waals surface area contributed by atoms with Crippen molar-refractivity contribution in [2.24, 2.45) is 5.41 Å². The lowest BCUT2D eigenvalue weighted by molar-refractivity contribution is 0.0189. The van der Waals surface area contributed by atoms with Crippen LogP contribution in [0.4, 0.5) is 4.79 Å². The number of benzene rings is 1. The molecular weight excluding hydrogens is 238 g/mol. The second kappa shape index (κ2) is 4.55. The van der Waals surface area contributed by atoms with Crippen LogP contribution in [0.5, 0.6) is 0 Å². The Labute approximate surface area is 114 Å². The molecule has 1 aromatic carbocycles. The van der Waals surface area contributed by atoms with Crippen molar-refractivity contribution in [3.63, 3.8) is 0 Å². The fourth-order valence-corrected chi connectivity index (χ4v) is 3.73. The minimum absolute atomic E-state index is 0.431. The summed E-state index contributed by atoms with van der Waals surface area (Å²) in [5, 5.41) is 8.99. The molecule has 1 aliphatic carbocycles. The fraction of sp³-hybridized carbons (Fsp3) is 0.562. The van der Waals surface area contributed by atoms with E-state index in [0.717, 1.165) is 25.9 Å². The zero-order valence-corrected chi connectivity index (χ0v) is 11.4. The van der Waals surface area contributed by atoms with Crippen LogP contribution >= 0.6 is 0 Å². The number of carbonyl (C=O) groups is 1. The summed E-state index contributed by atoms with van der Waals surface area (Å²) in [7, 11) is 0. The number of hydrogen-bond acceptors (Lipinski definition) is 1. The Kier molecular flexibility index (Phi) is 3.00. The van der Waals surface area contributed by atoms with Crippen LogP contribution < -0.4 is 0 Å². The number of amides is 1. The van der Waals surface area contributed by atoms with Gasteiger partial charge in [0, 0.05) is 13.1 Å². The molecule has 1 saturated heterocycles. The quantitative estimate of drug-likeness (QED) is 0.836. The van der Waals surface area contributed by atoms with Crippen LogP contribution in [0.2, 0.25) is 0 Å². The van der Waals surface area contributed by atoms with Gasteiger partial charge in [-0.25, -0.2) is 4.79 Å². The maximum Gasteiger partial charge on any atom is 0.407 e. The first-order valence-electron chi connectivity index (χ1n) is 7.12. The molecule has 0 radical (unpaired) electrons. The van der Waals surface area contributed by atoms with Crippen LogP contribution in [0.25, 0.3) is 0 Å². The molecule has 1 amide bonds. The van der Waals surface area contributed by atoms with Crippen molar-refractivity contribution in [1.82, 2.24) is 4.90 Å². The first-order chi connectivity index (χ1) is 9.08. The Morgan fingerprint density at radius 2 is 2.00 bits per heavy atom. The zero-order valence-electron chi connectivity index (χ0n) is 11.4. The van der Waals surface area contributed by atoms with Crippen LogP contribution in [0.15, 0.2) is 24.3 Å². The van der Waals surface area contributed by atoms with Crippen molar-refractivity contribution < 1.29 is 9.90 Å². The van der Waals surface area contributed by atoms with Crippen LogP contribution in [0, 0.1) is 12.3 Å². The average Bonchev–Trinajstić information content (AvgIpc) is 2.36. The van der Waals surface area contributed by atoms with E-state index in [-0.39, 0.29) is 0 Å². The monoisotopic (exact) mass is 259 g/mol. The highest BCUT2D eigenvalue weighted by Gasteiger charge is 2.46. The van der Waals surface area contributed by atoms with Gasteiger partial charge in [-0.2, -0.15) is 0 Å². The van der Waals surface area contributed by atoms with Gasteiger partial charge in [0.15, 0.2) is 0 Å².